The van der Waals surface area contributed by atoms with Crippen LogP contribution in [0.4, 0.5) is 0 Å². The molecule has 94 valence electrons. The maximum absolute atomic E-state index is 3.70. The SMILES string of the molecule is CCCNC1CCC(c2cccc(C)c2)C1C. The van der Waals surface area contributed by atoms with Crippen LogP contribution in [0.1, 0.15) is 50.2 Å². The Hall–Kier alpha value is -0.820. The Morgan fingerprint density at radius 2 is 2.12 bits per heavy atom. The van der Waals surface area contributed by atoms with Gasteiger partial charge in [-0.1, -0.05) is 43.7 Å². The summed E-state index contributed by atoms with van der Waals surface area (Å²) in [4.78, 5) is 0. The number of benzene rings is 1. The molecule has 17 heavy (non-hydrogen) atoms. The van der Waals surface area contributed by atoms with E-state index in [0.29, 0.717) is 0 Å². The third-order valence-corrected chi connectivity index (χ3v) is 4.18. The molecule has 1 nitrogen and oxygen atoms in total. The van der Waals surface area contributed by atoms with Gasteiger partial charge in [0.15, 0.2) is 0 Å². The van der Waals surface area contributed by atoms with Gasteiger partial charge in [0.05, 0.1) is 0 Å². The molecule has 1 fully saturated rings. The summed E-state index contributed by atoms with van der Waals surface area (Å²) in [6.45, 7) is 8.00. The van der Waals surface area contributed by atoms with E-state index >= 15 is 0 Å². The van der Waals surface area contributed by atoms with E-state index in [2.05, 4.69) is 50.4 Å². The van der Waals surface area contributed by atoms with E-state index in [1.54, 1.807) is 5.56 Å². The minimum atomic E-state index is 0.723. The van der Waals surface area contributed by atoms with Gasteiger partial charge in [0.1, 0.15) is 0 Å². The second kappa shape index (κ2) is 5.68. The first-order chi connectivity index (χ1) is 8.22. The molecular weight excluding hydrogens is 206 g/mol. The Morgan fingerprint density at radius 3 is 2.82 bits per heavy atom. The predicted molar refractivity (Wildman–Crippen MR) is 74.4 cm³/mol. The van der Waals surface area contributed by atoms with E-state index in [9.17, 15) is 0 Å². The smallest absolute Gasteiger partial charge is 0.00987 e. The summed E-state index contributed by atoms with van der Waals surface area (Å²) in [6, 6.07) is 9.78. The molecule has 3 atom stereocenters. The molecule has 1 N–H and O–H groups in total. The molecule has 0 spiro atoms. The van der Waals surface area contributed by atoms with Gasteiger partial charge < -0.3 is 5.32 Å². The van der Waals surface area contributed by atoms with Crippen LogP contribution in [0.3, 0.4) is 0 Å². The van der Waals surface area contributed by atoms with E-state index < -0.39 is 0 Å². The van der Waals surface area contributed by atoms with Gasteiger partial charge >= 0.3 is 0 Å². The molecule has 1 saturated carbocycles. The number of aryl methyl sites for hydroxylation is 1. The van der Waals surface area contributed by atoms with Crippen LogP contribution in [-0.4, -0.2) is 12.6 Å². The Balaban J connectivity index is 2.04. The third kappa shape index (κ3) is 2.90. The van der Waals surface area contributed by atoms with Crippen LogP contribution in [0.15, 0.2) is 24.3 Å². The minimum Gasteiger partial charge on any atom is -0.314 e. The molecule has 0 heterocycles. The van der Waals surface area contributed by atoms with Gasteiger partial charge in [0, 0.05) is 6.04 Å². The summed E-state index contributed by atoms with van der Waals surface area (Å²) in [5, 5.41) is 3.70. The van der Waals surface area contributed by atoms with E-state index in [1.165, 1.54) is 24.8 Å². The zero-order chi connectivity index (χ0) is 12.3. The van der Waals surface area contributed by atoms with Crippen molar-refractivity contribution < 1.29 is 0 Å². The lowest BCUT2D eigenvalue weighted by Crippen LogP contribution is -2.32. The van der Waals surface area contributed by atoms with Crippen LogP contribution in [0.2, 0.25) is 0 Å². The predicted octanol–water partition coefficient (Wildman–Crippen LogP) is 3.88. The van der Waals surface area contributed by atoms with Crippen molar-refractivity contribution in [1.29, 1.82) is 0 Å². The first-order valence-corrected chi connectivity index (χ1v) is 7.02. The first kappa shape index (κ1) is 12.6. The zero-order valence-electron chi connectivity index (χ0n) is 11.4. The highest BCUT2D eigenvalue weighted by Crippen LogP contribution is 2.39. The molecular formula is C16H25N. The molecule has 0 bridgehead atoms. The fourth-order valence-electron chi connectivity index (χ4n) is 3.15. The minimum absolute atomic E-state index is 0.723. The lowest BCUT2D eigenvalue weighted by molar-refractivity contribution is 0.404. The lowest BCUT2D eigenvalue weighted by Gasteiger charge is -2.22. The second-order valence-corrected chi connectivity index (χ2v) is 5.52. The van der Waals surface area contributed by atoms with Crippen molar-refractivity contribution in [2.24, 2.45) is 5.92 Å². The molecule has 1 heteroatoms. The average molecular weight is 231 g/mol. The quantitative estimate of drug-likeness (QED) is 0.829. The molecule has 1 aromatic rings. The molecule has 2 rings (SSSR count). The number of rotatable bonds is 4. The van der Waals surface area contributed by atoms with Crippen molar-refractivity contribution in [3.05, 3.63) is 35.4 Å². The van der Waals surface area contributed by atoms with E-state index in [4.69, 9.17) is 0 Å². The summed E-state index contributed by atoms with van der Waals surface area (Å²) in [7, 11) is 0. The summed E-state index contributed by atoms with van der Waals surface area (Å²) in [6.07, 6.45) is 3.91. The molecule has 0 radical (unpaired) electrons. The van der Waals surface area contributed by atoms with Crippen LogP contribution in [0.5, 0.6) is 0 Å². The van der Waals surface area contributed by atoms with Crippen LogP contribution >= 0.6 is 0 Å². The maximum atomic E-state index is 3.70. The molecule has 1 aromatic carbocycles. The number of nitrogens with one attached hydrogen (secondary N) is 1. The maximum Gasteiger partial charge on any atom is 0.00987 e. The lowest BCUT2D eigenvalue weighted by atomic mass is 9.88. The van der Waals surface area contributed by atoms with Gasteiger partial charge in [-0.25, -0.2) is 0 Å². The van der Waals surface area contributed by atoms with Gasteiger partial charge in [-0.2, -0.15) is 0 Å². The summed E-state index contributed by atoms with van der Waals surface area (Å²) in [5.41, 5.74) is 2.93. The monoisotopic (exact) mass is 231 g/mol. The van der Waals surface area contributed by atoms with E-state index in [-0.39, 0.29) is 0 Å². The van der Waals surface area contributed by atoms with Crippen molar-refractivity contribution in [2.75, 3.05) is 6.54 Å². The van der Waals surface area contributed by atoms with Crippen LogP contribution in [0, 0.1) is 12.8 Å². The van der Waals surface area contributed by atoms with Crippen molar-refractivity contribution >= 4 is 0 Å². The Labute approximate surface area is 106 Å². The van der Waals surface area contributed by atoms with Gasteiger partial charge in [0.2, 0.25) is 0 Å². The van der Waals surface area contributed by atoms with E-state index in [0.717, 1.165) is 24.4 Å². The Morgan fingerprint density at radius 1 is 1.29 bits per heavy atom. The molecule has 1 aliphatic rings. The van der Waals surface area contributed by atoms with Crippen molar-refractivity contribution in [3.63, 3.8) is 0 Å². The van der Waals surface area contributed by atoms with Gasteiger partial charge in [0.25, 0.3) is 0 Å². The Kier molecular flexibility index (Phi) is 4.22. The molecule has 3 unspecified atom stereocenters. The molecule has 0 aliphatic heterocycles. The van der Waals surface area contributed by atoms with Crippen molar-refractivity contribution in [3.8, 4) is 0 Å². The number of hydrogen-bond acceptors (Lipinski definition) is 1. The normalized spacial score (nSPS) is 28.5. The van der Waals surface area contributed by atoms with E-state index in [1.807, 2.05) is 0 Å². The van der Waals surface area contributed by atoms with Gasteiger partial charge in [-0.3, -0.25) is 0 Å². The molecule has 0 aromatic heterocycles. The third-order valence-electron chi connectivity index (χ3n) is 4.18. The highest BCUT2D eigenvalue weighted by Gasteiger charge is 2.32. The summed E-state index contributed by atoms with van der Waals surface area (Å²) in [5.74, 6) is 1.52. The Bertz CT molecular complexity index is 358. The van der Waals surface area contributed by atoms with Crippen LogP contribution in [-0.2, 0) is 0 Å². The molecule has 0 amide bonds. The highest BCUT2D eigenvalue weighted by atomic mass is 14.9. The van der Waals surface area contributed by atoms with Crippen molar-refractivity contribution in [1.82, 2.24) is 5.32 Å². The standard InChI is InChI=1S/C16H25N/c1-4-10-17-16-9-8-15(13(16)3)14-7-5-6-12(2)11-14/h5-7,11,13,15-17H,4,8-10H2,1-3H3. The highest BCUT2D eigenvalue weighted by molar-refractivity contribution is 5.27. The topological polar surface area (TPSA) is 12.0 Å². The van der Waals surface area contributed by atoms with Crippen LogP contribution < -0.4 is 5.32 Å². The largest absolute Gasteiger partial charge is 0.314 e. The fourth-order valence-corrected chi connectivity index (χ4v) is 3.15. The number of hydrogen-bond donors (Lipinski definition) is 1. The summed E-state index contributed by atoms with van der Waals surface area (Å²) < 4.78 is 0. The first-order valence-electron chi connectivity index (χ1n) is 7.02. The van der Waals surface area contributed by atoms with Gasteiger partial charge in [-0.05, 0) is 50.1 Å². The molecule has 0 saturated heterocycles. The second-order valence-electron chi connectivity index (χ2n) is 5.52. The zero-order valence-corrected chi connectivity index (χ0v) is 11.4. The molecule has 1 aliphatic carbocycles. The summed E-state index contributed by atoms with van der Waals surface area (Å²) >= 11 is 0. The van der Waals surface area contributed by atoms with Crippen LogP contribution in [0.25, 0.3) is 0 Å². The van der Waals surface area contributed by atoms with Crippen molar-refractivity contribution in [2.45, 2.75) is 52.0 Å². The average Bonchev–Trinajstić information content (AvgIpc) is 2.68. The van der Waals surface area contributed by atoms with Gasteiger partial charge in [-0.15, -0.1) is 0 Å². The fraction of sp³-hybridized carbons (Fsp3) is 0.625.